The fourth-order valence-corrected chi connectivity index (χ4v) is 4.13. The van der Waals surface area contributed by atoms with Crippen LogP contribution in [0.1, 0.15) is 27.0 Å². The van der Waals surface area contributed by atoms with Gasteiger partial charge in [-0.15, -0.1) is 0 Å². The number of piperazine rings is 1. The number of aryl methyl sites for hydroxylation is 1. The molecule has 1 amide bonds. The van der Waals surface area contributed by atoms with Gasteiger partial charge < -0.3 is 9.64 Å². The lowest BCUT2D eigenvalue weighted by Crippen LogP contribution is -2.48. The molecule has 0 saturated carbocycles. The molecule has 1 saturated heterocycles. The second-order valence-electron chi connectivity index (χ2n) is 8.09. The number of hydrogen-bond donors (Lipinski definition) is 0. The smallest absolute Gasteiger partial charge is 0.253 e. The van der Waals surface area contributed by atoms with Crippen LogP contribution in [-0.4, -0.2) is 41.9 Å². The van der Waals surface area contributed by atoms with Gasteiger partial charge in [0.1, 0.15) is 12.4 Å². The van der Waals surface area contributed by atoms with E-state index in [1.165, 1.54) is 5.56 Å². The molecule has 0 spiro atoms. The van der Waals surface area contributed by atoms with Crippen molar-refractivity contribution in [2.24, 2.45) is 0 Å². The Hall–Kier alpha value is -2.53. The van der Waals surface area contributed by atoms with Crippen molar-refractivity contribution in [3.05, 3.63) is 99.0 Å². The van der Waals surface area contributed by atoms with Gasteiger partial charge >= 0.3 is 0 Å². The van der Waals surface area contributed by atoms with Gasteiger partial charge in [0.2, 0.25) is 0 Å². The van der Waals surface area contributed by atoms with Crippen molar-refractivity contribution in [2.45, 2.75) is 20.1 Å². The van der Waals surface area contributed by atoms with E-state index in [0.717, 1.165) is 59.6 Å². The molecule has 4 nitrogen and oxygen atoms in total. The summed E-state index contributed by atoms with van der Waals surface area (Å²) in [6.45, 7) is 6.39. The van der Waals surface area contributed by atoms with Crippen LogP contribution in [0.2, 0.25) is 10.0 Å². The molecule has 0 atom stereocenters. The van der Waals surface area contributed by atoms with Crippen LogP contribution in [0.4, 0.5) is 0 Å². The first-order valence-electron chi connectivity index (χ1n) is 10.7. The Morgan fingerprint density at radius 1 is 0.906 bits per heavy atom. The standard InChI is InChI=1S/C26H26Cl2N2O2/c1-19-15-24(9-10-25(19)28)32-18-20-5-7-22(8-6-20)26(31)30-13-11-29(12-14-30)17-21-3-2-4-23(27)16-21/h2-10,15-16H,11-14,17-18H2,1H3. The predicted octanol–water partition coefficient (Wildman–Crippen LogP) is 5.84. The maximum atomic E-state index is 12.9. The van der Waals surface area contributed by atoms with E-state index in [0.29, 0.717) is 12.2 Å². The van der Waals surface area contributed by atoms with Gasteiger partial charge in [-0.3, -0.25) is 9.69 Å². The summed E-state index contributed by atoms with van der Waals surface area (Å²) >= 11 is 12.1. The molecular weight excluding hydrogens is 443 g/mol. The molecule has 0 unspecified atom stereocenters. The van der Waals surface area contributed by atoms with Crippen LogP contribution in [0.3, 0.4) is 0 Å². The molecule has 0 radical (unpaired) electrons. The maximum absolute atomic E-state index is 12.9. The molecular formula is C26H26Cl2N2O2. The molecule has 6 heteroatoms. The lowest BCUT2D eigenvalue weighted by molar-refractivity contribution is 0.0628. The molecule has 32 heavy (non-hydrogen) atoms. The zero-order chi connectivity index (χ0) is 22.5. The zero-order valence-corrected chi connectivity index (χ0v) is 19.6. The molecule has 4 rings (SSSR count). The van der Waals surface area contributed by atoms with Gasteiger partial charge in [-0.25, -0.2) is 0 Å². The largest absolute Gasteiger partial charge is 0.489 e. The topological polar surface area (TPSA) is 32.8 Å². The molecule has 0 aliphatic carbocycles. The second-order valence-corrected chi connectivity index (χ2v) is 8.94. The van der Waals surface area contributed by atoms with Gasteiger partial charge in [0, 0.05) is 48.3 Å². The van der Waals surface area contributed by atoms with Crippen molar-refractivity contribution >= 4 is 29.1 Å². The van der Waals surface area contributed by atoms with E-state index in [9.17, 15) is 4.79 Å². The van der Waals surface area contributed by atoms with Crippen molar-refractivity contribution in [1.29, 1.82) is 0 Å². The number of amides is 1. The Kier molecular flexibility index (Phi) is 7.36. The van der Waals surface area contributed by atoms with Crippen molar-refractivity contribution in [2.75, 3.05) is 26.2 Å². The average molecular weight is 469 g/mol. The van der Waals surface area contributed by atoms with Crippen LogP contribution >= 0.6 is 23.2 Å². The molecule has 0 bridgehead atoms. The summed E-state index contributed by atoms with van der Waals surface area (Å²) in [5, 5.41) is 1.49. The van der Waals surface area contributed by atoms with Gasteiger partial charge in [-0.1, -0.05) is 47.5 Å². The third-order valence-electron chi connectivity index (χ3n) is 5.69. The number of hydrogen-bond acceptors (Lipinski definition) is 3. The van der Waals surface area contributed by atoms with E-state index in [4.69, 9.17) is 27.9 Å². The fourth-order valence-electron chi connectivity index (χ4n) is 3.80. The maximum Gasteiger partial charge on any atom is 0.253 e. The molecule has 1 aliphatic heterocycles. The number of ether oxygens (including phenoxy) is 1. The molecule has 3 aromatic rings. The summed E-state index contributed by atoms with van der Waals surface area (Å²) < 4.78 is 5.84. The average Bonchev–Trinajstić information content (AvgIpc) is 2.80. The minimum absolute atomic E-state index is 0.0770. The Morgan fingerprint density at radius 2 is 1.66 bits per heavy atom. The van der Waals surface area contributed by atoms with Gasteiger partial charge in [0.15, 0.2) is 0 Å². The Bertz CT molecular complexity index is 1080. The van der Waals surface area contributed by atoms with Crippen LogP contribution in [0, 0.1) is 6.92 Å². The molecule has 3 aromatic carbocycles. The highest BCUT2D eigenvalue weighted by molar-refractivity contribution is 6.31. The Morgan fingerprint density at radius 3 is 2.34 bits per heavy atom. The first-order valence-corrected chi connectivity index (χ1v) is 11.5. The van der Waals surface area contributed by atoms with E-state index >= 15 is 0 Å². The number of benzene rings is 3. The van der Waals surface area contributed by atoms with Crippen molar-refractivity contribution < 1.29 is 9.53 Å². The van der Waals surface area contributed by atoms with Crippen LogP contribution in [0.25, 0.3) is 0 Å². The lowest BCUT2D eigenvalue weighted by Gasteiger charge is -2.34. The number of carbonyl (C=O) groups excluding carboxylic acids is 1. The monoisotopic (exact) mass is 468 g/mol. The van der Waals surface area contributed by atoms with Crippen LogP contribution in [-0.2, 0) is 13.2 Å². The van der Waals surface area contributed by atoms with Crippen LogP contribution in [0.15, 0.2) is 66.7 Å². The van der Waals surface area contributed by atoms with Gasteiger partial charge in [0.05, 0.1) is 0 Å². The fraction of sp³-hybridized carbons (Fsp3) is 0.269. The van der Waals surface area contributed by atoms with Crippen LogP contribution in [0.5, 0.6) is 5.75 Å². The summed E-state index contributed by atoms with van der Waals surface area (Å²) in [6.07, 6.45) is 0. The second kappa shape index (κ2) is 10.4. The normalized spacial score (nSPS) is 14.4. The SMILES string of the molecule is Cc1cc(OCc2ccc(C(=O)N3CCN(Cc4cccc(Cl)c4)CC3)cc2)ccc1Cl. The Balaban J connectivity index is 1.27. The first kappa shape index (κ1) is 22.7. The minimum atomic E-state index is 0.0770. The van der Waals surface area contributed by atoms with Gasteiger partial charge in [-0.2, -0.15) is 0 Å². The van der Waals surface area contributed by atoms with Crippen molar-refractivity contribution in [3.8, 4) is 5.75 Å². The van der Waals surface area contributed by atoms with Gasteiger partial charge in [-0.05, 0) is 66.1 Å². The quantitative estimate of drug-likeness (QED) is 0.455. The molecule has 1 fully saturated rings. The molecule has 166 valence electrons. The van der Waals surface area contributed by atoms with Crippen LogP contribution < -0.4 is 4.74 Å². The van der Waals surface area contributed by atoms with Crippen molar-refractivity contribution in [1.82, 2.24) is 9.80 Å². The number of rotatable bonds is 6. The summed E-state index contributed by atoms with van der Waals surface area (Å²) in [6, 6.07) is 21.2. The van der Waals surface area contributed by atoms with E-state index in [-0.39, 0.29) is 5.91 Å². The minimum Gasteiger partial charge on any atom is -0.489 e. The lowest BCUT2D eigenvalue weighted by atomic mass is 10.1. The highest BCUT2D eigenvalue weighted by Crippen LogP contribution is 2.22. The predicted molar refractivity (Wildman–Crippen MR) is 130 cm³/mol. The highest BCUT2D eigenvalue weighted by Gasteiger charge is 2.22. The third-order valence-corrected chi connectivity index (χ3v) is 6.35. The van der Waals surface area contributed by atoms with E-state index in [1.807, 2.05) is 72.5 Å². The Labute approximate surface area is 199 Å². The summed E-state index contributed by atoms with van der Waals surface area (Å²) in [7, 11) is 0. The van der Waals surface area contributed by atoms with Gasteiger partial charge in [0.25, 0.3) is 5.91 Å². The molecule has 1 aliphatic rings. The highest BCUT2D eigenvalue weighted by atomic mass is 35.5. The third kappa shape index (κ3) is 5.83. The van der Waals surface area contributed by atoms with E-state index in [2.05, 4.69) is 11.0 Å². The zero-order valence-electron chi connectivity index (χ0n) is 18.1. The number of nitrogens with zero attached hydrogens (tertiary/aromatic N) is 2. The van der Waals surface area contributed by atoms with E-state index < -0.39 is 0 Å². The number of carbonyl (C=O) groups is 1. The van der Waals surface area contributed by atoms with E-state index in [1.54, 1.807) is 0 Å². The van der Waals surface area contributed by atoms with Crippen molar-refractivity contribution in [3.63, 3.8) is 0 Å². The molecule has 0 aromatic heterocycles. The number of halogens is 2. The molecule has 0 N–H and O–H groups in total. The summed E-state index contributed by atoms with van der Waals surface area (Å²) in [4.78, 5) is 17.2. The molecule has 1 heterocycles. The first-order chi connectivity index (χ1) is 15.5. The summed E-state index contributed by atoms with van der Waals surface area (Å²) in [5.41, 5.74) is 3.90. The summed E-state index contributed by atoms with van der Waals surface area (Å²) in [5.74, 6) is 0.857.